The lowest BCUT2D eigenvalue weighted by Gasteiger charge is -2.34. The fraction of sp³-hybridized carbons (Fsp3) is 0.533. The second kappa shape index (κ2) is 5.23. The first-order valence-corrected chi connectivity index (χ1v) is 6.51. The Bertz CT molecular complexity index is 427. The van der Waals surface area contributed by atoms with E-state index in [2.05, 4.69) is 30.9 Å². The molecule has 0 aromatic heterocycles. The van der Waals surface area contributed by atoms with E-state index in [4.69, 9.17) is 0 Å². The first-order valence-electron chi connectivity index (χ1n) is 6.51. The molecule has 0 spiro atoms. The quantitative estimate of drug-likeness (QED) is 0.788. The number of hydrogen-bond donors (Lipinski definition) is 0. The molecule has 0 heterocycles. The first kappa shape index (κ1) is 12.0. The highest BCUT2D eigenvalue weighted by Crippen LogP contribution is 2.31. The van der Waals surface area contributed by atoms with Crippen LogP contribution in [0.15, 0.2) is 18.2 Å². The molecular formula is C15H20N2. The highest BCUT2D eigenvalue weighted by Gasteiger charge is 2.22. The number of rotatable bonds is 4. The summed E-state index contributed by atoms with van der Waals surface area (Å²) < 4.78 is 0. The third kappa shape index (κ3) is 2.44. The summed E-state index contributed by atoms with van der Waals surface area (Å²) in [5.41, 5.74) is 3.17. The number of nitrogens with zero attached hydrogens (tertiary/aromatic N) is 2. The average molecular weight is 228 g/mol. The van der Waals surface area contributed by atoms with Crippen LogP contribution in [-0.4, -0.2) is 13.1 Å². The van der Waals surface area contributed by atoms with E-state index in [-0.39, 0.29) is 0 Å². The standard InChI is InChI=1S/C15H20N2/c1-3-17(11-13-7-5-8-13)15-12(2)6-4-9-14(15)10-16/h4,6,9,13H,3,5,7-8,11H2,1-2H3. The molecule has 0 unspecified atom stereocenters. The van der Waals surface area contributed by atoms with E-state index >= 15 is 0 Å². The number of hydrogen-bond acceptors (Lipinski definition) is 2. The first-order chi connectivity index (χ1) is 8.26. The second-order valence-corrected chi connectivity index (χ2v) is 4.92. The molecule has 1 aliphatic carbocycles. The van der Waals surface area contributed by atoms with E-state index in [9.17, 15) is 5.26 Å². The van der Waals surface area contributed by atoms with Gasteiger partial charge in [0.1, 0.15) is 6.07 Å². The molecule has 0 amide bonds. The van der Waals surface area contributed by atoms with Gasteiger partial charge in [0, 0.05) is 13.1 Å². The highest BCUT2D eigenvalue weighted by atomic mass is 15.1. The molecule has 0 saturated heterocycles. The molecule has 1 aromatic rings. The minimum absolute atomic E-state index is 0.811. The van der Waals surface area contributed by atoms with Gasteiger partial charge in [0.25, 0.3) is 0 Å². The zero-order chi connectivity index (χ0) is 12.3. The maximum atomic E-state index is 9.22. The number of aryl methyl sites for hydroxylation is 1. The van der Waals surface area contributed by atoms with Crippen molar-refractivity contribution in [1.82, 2.24) is 0 Å². The van der Waals surface area contributed by atoms with Crippen molar-refractivity contribution < 1.29 is 0 Å². The summed E-state index contributed by atoms with van der Waals surface area (Å²) in [6, 6.07) is 8.30. The SMILES string of the molecule is CCN(CC1CCC1)c1c(C)cccc1C#N. The molecule has 1 aromatic carbocycles. The van der Waals surface area contributed by atoms with Crippen molar-refractivity contribution in [1.29, 1.82) is 5.26 Å². The largest absolute Gasteiger partial charge is 0.370 e. The summed E-state index contributed by atoms with van der Waals surface area (Å²) in [7, 11) is 0. The molecule has 2 rings (SSSR count). The zero-order valence-corrected chi connectivity index (χ0v) is 10.7. The lowest BCUT2D eigenvalue weighted by Crippen LogP contribution is -2.33. The van der Waals surface area contributed by atoms with Gasteiger partial charge in [-0.1, -0.05) is 18.6 Å². The lowest BCUT2D eigenvalue weighted by molar-refractivity contribution is 0.318. The number of nitriles is 1. The molecule has 2 nitrogen and oxygen atoms in total. The van der Waals surface area contributed by atoms with E-state index in [0.29, 0.717) is 0 Å². The minimum Gasteiger partial charge on any atom is -0.370 e. The Hall–Kier alpha value is -1.49. The van der Waals surface area contributed by atoms with Gasteiger partial charge in [0.2, 0.25) is 0 Å². The Morgan fingerprint density at radius 3 is 2.71 bits per heavy atom. The molecule has 0 radical (unpaired) electrons. The van der Waals surface area contributed by atoms with E-state index in [1.807, 2.05) is 12.1 Å². The summed E-state index contributed by atoms with van der Waals surface area (Å²) >= 11 is 0. The van der Waals surface area contributed by atoms with Gasteiger partial charge >= 0.3 is 0 Å². The Morgan fingerprint density at radius 2 is 2.18 bits per heavy atom. The van der Waals surface area contributed by atoms with Crippen molar-refractivity contribution >= 4 is 5.69 Å². The fourth-order valence-electron chi connectivity index (χ4n) is 2.53. The smallest absolute Gasteiger partial charge is 0.101 e. The van der Waals surface area contributed by atoms with Crippen molar-refractivity contribution in [3.8, 4) is 6.07 Å². The maximum absolute atomic E-state index is 9.22. The fourth-order valence-corrected chi connectivity index (χ4v) is 2.53. The van der Waals surface area contributed by atoms with Gasteiger partial charge in [-0.15, -0.1) is 0 Å². The normalized spacial score (nSPS) is 15.1. The van der Waals surface area contributed by atoms with Gasteiger partial charge in [-0.2, -0.15) is 5.26 Å². The van der Waals surface area contributed by atoms with Crippen LogP contribution >= 0.6 is 0 Å². The molecule has 1 saturated carbocycles. The summed E-state index contributed by atoms with van der Waals surface area (Å²) in [5.74, 6) is 0.834. The van der Waals surface area contributed by atoms with Gasteiger partial charge in [-0.3, -0.25) is 0 Å². The Morgan fingerprint density at radius 1 is 1.41 bits per heavy atom. The molecule has 2 heteroatoms. The Kier molecular flexibility index (Phi) is 3.68. The van der Waals surface area contributed by atoms with Crippen LogP contribution in [0.1, 0.15) is 37.3 Å². The molecule has 0 N–H and O–H groups in total. The van der Waals surface area contributed by atoms with E-state index in [1.165, 1.54) is 24.8 Å². The number of para-hydroxylation sites is 1. The van der Waals surface area contributed by atoms with Crippen molar-refractivity contribution in [2.24, 2.45) is 5.92 Å². The molecule has 0 bridgehead atoms. The van der Waals surface area contributed by atoms with E-state index in [0.717, 1.165) is 30.3 Å². The van der Waals surface area contributed by atoms with Gasteiger partial charge in [0.05, 0.1) is 11.3 Å². The molecule has 0 atom stereocenters. The molecule has 0 aliphatic heterocycles. The van der Waals surface area contributed by atoms with Gasteiger partial charge < -0.3 is 4.90 Å². The van der Waals surface area contributed by atoms with E-state index in [1.54, 1.807) is 0 Å². The van der Waals surface area contributed by atoms with Crippen LogP contribution in [0.2, 0.25) is 0 Å². The number of anilines is 1. The molecule has 17 heavy (non-hydrogen) atoms. The van der Waals surface area contributed by atoms with Crippen LogP contribution in [0.5, 0.6) is 0 Å². The van der Waals surface area contributed by atoms with Crippen molar-refractivity contribution in [3.05, 3.63) is 29.3 Å². The van der Waals surface area contributed by atoms with Crippen LogP contribution in [-0.2, 0) is 0 Å². The van der Waals surface area contributed by atoms with Crippen LogP contribution in [0.3, 0.4) is 0 Å². The Balaban J connectivity index is 2.25. The molecule has 90 valence electrons. The highest BCUT2D eigenvalue weighted by molar-refractivity contribution is 5.64. The van der Waals surface area contributed by atoms with Crippen molar-refractivity contribution in [2.45, 2.75) is 33.1 Å². The zero-order valence-electron chi connectivity index (χ0n) is 10.7. The summed E-state index contributed by atoms with van der Waals surface area (Å²) in [6.07, 6.45) is 4.08. The summed E-state index contributed by atoms with van der Waals surface area (Å²) in [4.78, 5) is 2.37. The topological polar surface area (TPSA) is 27.0 Å². The molecule has 1 fully saturated rings. The van der Waals surface area contributed by atoms with Crippen molar-refractivity contribution in [3.63, 3.8) is 0 Å². The van der Waals surface area contributed by atoms with Crippen LogP contribution < -0.4 is 4.90 Å². The second-order valence-electron chi connectivity index (χ2n) is 4.92. The third-order valence-corrected chi connectivity index (χ3v) is 3.76. The van der Waals surface area contributed by atoms with Gasteiger partial charge in [0.15, 0.2) is 0 Å². The molecular weight excluding hydrogens is 208 g/mol. The van der Waals surface area contributed by atoms with Gasteiger partial charge in [-0.05, 0) is 44.2 Å². The summed E-state index contributed by atoms with van der Waals surface area (Å²) in [6.45, 7) is 6.36. The predicted molar refractivity (Wildman–Crippen MR) is 71.1 cm³/mol. The molecule has 1 aliphatic rings. The predicted octanol–water partition coefficient (Wildman–Crippen LogP) is 3.49. The monoisotopic (exact) mass is 228 g/mol. The van der Waals surface area contributed by atoms with Crippen LogP contribution in [0.4, 0.5) is 5.69 Å². The van der Waals surface area contributed by atoms with Gasteiger partial charge in [-0.25, -0.2) is 0 Å². The number of benzene rings is 1. The summed E-state index contributed by atoms with van der Waals surface area (Å²) in [5, 5.41) is 9.22. The van der Waals surface area contributed by atoms with Crippen LogP contribution in [0, 0.1) is 24.2 Å². The lowest BCUT2D eigenvalue weighted by atomic mass is 9.85. The third-order valence-electron chi connectivity index (χ3n) is 3.76. The van der Waals surface area contributed by atoms with Crippen LogP contribution in [0.25, 0.3) is 0 Å². The minimum atomic E-state index is 0.811. The average Bonchev–Trinajstić information content (AvgIpc) is 2.29. The Labute approximate surface area is 104 Å². The van der Waals surface area contributed by atoms with Crippen molar-refractivity contribution in [2.75, 3.05) is 18.0 Å². The maximum Gasteiger partial charge on any atom is 0.101 e. The van der Waals surface area contributed by atoms with E-state index < -0.39 is 0 Å².